The van der Waals surface area contributed by atoms with Gasteiger partial charge in [-0.3, -0.25) is 4.79 Å². The quantitative estimate of drug-likeness (QED) is 0.855. The highest BCUT2D eigenvalue weighted by Crippen LogP contribution is 2.29. The van der Waals surface area contributed by atoms with Gasteiger partial charge in [-0.05, 0) is 56.6 Å². The van der Waals surface area contributed by atoms with Crippen LogP contribution in [0.4, 0.5) is 5.69 Å². The molecule has 0 spiro atoms. The molecule has 0 saturated carbocycles. The highest BCUT2D eigenvalue weighted by Gasteiger charge is 2.18. The predicted molar refractivity (Wildman–Crippen MR) is 99.2 cm³/mol. The summed E-state index contributed by atoms with van der Waals surface area (Å²) in [6.07, 6.45) is 1.61. The molecule has 0 aromatic heterocycles. The van der Waals surface area contributed by atoms with Crippen molar-refractivity contribution in [3.05, 3.63) is 54.1 Å². The number of rotatable bonds is 5. The summed E-state index contributed by atoms with van der Waals surface area (Å²) >= 11 is 0. The molecule has 2 aromatic rings. The Kier molecular flexibility index (Phi) is 6.64. The first-order valence-electron chi connectivity index (χ1n) is 8.05. The first kappa shape index (κ1) is 18.3. The lowest BCUT2D eigenvalue weighted by Gasteiger charge is -2.13. The Labute approximate surface area is 149 Å². The summed E-state index contributed by atoms with van der Waals surface area (Å²) in [4.78, 5) is 12.2. The standard InChI is InChI=1S/C19H22N2O2.ClH/c1-14-6-8-16(9-7-14)23-18-5-3-2-4-17(18)21-19(22)12-15-10-11-20-13-15;/h2-9,15,20H,10-13H2,1H3,(H,21,22);1H. The number of aryl methyl sites for hydroxylation is 1. The molecule has 2 N–H and O–H groups in total. The van der Waals surface area contributed by atoms with Gasteiger partial charge in [0.2, 0.25) is 5.91 Å². The normalized spacial score (nSPS) is 16.3. The van der Waals surface area contributed by atoms with E-state index in [4.69, 9.17) is 4.74 Å². The van der Waals surface area contributed by atoms with E-state index in [1.54, 1.807) is 0 Å². The SMILES string of the molecule is Cc1ccc(Oc2ccccc2NC(=O)CC2CCNC2)cc1.Cl. The number of anilines is 1. The number of amides is 1. The highest BCUT2D eigenvalue weighted by molar-refractivity contribution is 5.92. The summed E-state index contributed by atoms with van der Waals surface area (Å²) in [5.74, 6) is 1.89. The molecule has 1 heterocycles. The fourth-order valence-electron chi connectivity index (χ4n) is 2.74. The fraction of sp³-hybridized carbons (Fsp3) is 0.316. The number of hydrogen-bond acceptors (Lipinski definition) is 3. The van der Waals surface area contributed by atoms with E-state index in [-0.39, 0.29) is 18.3 Å². The fourth-order valence-corrected chi connectivity index (χ4v) is 2.74. The van der Waals surface area contributed by atoms with Gasteiger partial charge in [0.05, 0.1) is 5.69 Å². The molecule has 128 valence electrons. The van der Waals surface area contributed by atoms with Crippen LogP contribution in [0.25, 0.3) is 0 Å². The zero-order chi connectivity index (χ0) is 16.1. The van der Waals surface area contributed by atoms with E-state index < -0.39 is 0 Å². The second-order valence-corrected chi connectivity index (χ2v) is 6.02. The van der Waals surface area contributed by atoms with E-state index >= 15 is 0 Å². The zero-order valence-electron chi connectivity index (χ0n) is 13.7. The van der Waals surface area contributed by atoms with Crippen LogP contribution in [0, 0.1) is 12.8 Å². The van der Waals surface area contributed by atoms with E-state index in [2.05, 4.69) is 10.6 Å². The van der Waals surface area contributed by atoms with Crippen LogP contribution in [0.3, 0.4) is 0 Å². The lowest BCUT2D eigenvalue weighted by atomic mass is 10.0. The van der Waals surface area contributed by atoms with Gasteiger partial charge in [-0.15, -0.1) is 12.4 Å². The Bertz CT molecular complexity index is 667. The van der Waals surface area contributed by atoms with E-state index in [1.165, 1.54) is 5.56 Å². The van der Waals surface area contributed by atoms with Gasteiger partial charge in [0.15, 0.2) is 5.75 Å². The monoisotopic (exact) mass is 346 g/mol. The highest BCUT2D eigenvalue weighted by atomic mass is 35.5. The van der Waals surface area contributed by atoms with Crippen molar-refractivity contribution in [2.24, 2.45) is 5.92 Å². The molecule has 1 unspecified atom stereocenters. The summed E-state index contributed by atoms with van der Waals surface area (Å²) in [7, 11) is 0. The summed E-state index contributed by atoms with van der Waals surface area (Å²) in [6.45, 7) is 3.97. The van der Waals surface area contributed by atoms with Crippen LogP contribution in [0.2, 0.25) is 0 Å². The average molecular weight is 347 g/mol. The molecule has 2 aromatic carbocycles. The van der Waals surface area contributed by atoms with Crippen molar-refractivity contribution < 1.29 is 9.53 Å². The predicted octanol–water partition coefficient (Wildman–Crippen LogP) is 4.15. The molecule has 0 bridgehead atoms. The molecule has 0 aliphatic carbocycles. The molecule has 1 atom stereocenters. The minimum Gasteiger partial charge on any atom is -0.455 e. The summed E-state index contributed by atoms with van der Waals surface area (Å²) in [6, 6.07) is 15.4. The molecule has 1 saturated heterocycles. The van der Waals surface area contributed by atoms with E-state index in [0.717, 1.165) is 25.3 Å². The largest absolute Gasteiger partial charge is 0.455 e. The Morgan fingerprint density at radius 2 is 1.96 bits per heavy atom. The molecule has 1 amide bonds. The third-order valence-corrected chi connectivity index (χ3v) is 4.05. The van der Waals surface area contributed by atoms with Gasteiger partial charge in [-0.1, -0.05) is 29.8 Å². The van der Waals surface area contributed by atoms with Crippen molar-refractivity contribution in [1.82, 2.24) is 5.32 Å². The zero-order valence-corrected chi connectivity index (χ0v) is 14.6. The number of carbonyl (C=O) groups excluding carboxylic acids is 1. The summed E-state index contributed by atoms with van der Waals surface area (Å²) in [5.41, 5.74) is 1.90. The Balaban J connectivity index is 0.00000208. The van der Waals surface area contributed by atoms with Gasteiger partial charge in [0, 0.05) is 6.42 Å². The Morgan fingerprint density at radius 1 is 1.21 bits per heavy atom. The molecular formula is C19H23ClN2O2. The van der Waals surface area contributed by atoms with Crippen LogP contribution in [-0.2, 0) is 4.79 Å². The van der Waals surface area contributed by atoms with E-state index in [0.29, 0.717) is 23.8 Å². The lowest BCUT2D eigenvalue weighted by Crippen LogP contribution is -2.18. The summed E-state index contributed by atoms with van der Waals surface area (Å²) in [5, 5.41) is 6.26. The maximum atomic E-state index is 12.2. The molecule has 24 heavy (non-hydrogen) atoms. The molecule has 0 radical (unpaired) electrons. The van der Waals surface area contributed by atoms with Crippen molar-refractivity contribution in [2.45, 2.75) is 19.8 Å². The van der Waals surface area contributed by atoms with E-state index in [1.807, 2.05) is 55.5 Å². The van der Waals surface area contributed by atoms with Gasteiger partial charge >= 0.3 is 0 Å². The molecular weight excluding hydrogens is 324 g/mol. The van der Waals surface area contributed by atoms with Crippen LogP contribution in [0.1, 0.15) is 18.4 Å². The minimum absolute atomic E-state index is 0. The minimum atomic E-state index is 0. The molecule has 1 aliphatic rings. The van der Waals surface area contributed by atoms with Crippen molar-refractivity contribution >= 4 is 24.0 Å². The van der Waals surface area contributed by atoms with Gasteiger partial charge in [0.1, 0.15) is 5.75 Å². The van der Waals surface area contributed by atoms with Crippen molar-refractivity contribution in [2.75, 3.05) is 18.4 Å². The number of hydrogen-bond donors (Lipinski definition) is 2. The maximum Gasteiger partial charge on any atom is 0.224 e. The Morgan fingerprint density at radius 3 is 2.67 bits per heavy atom. The van der Waals surface area contributed by atoms with Gasteiger partial charge in [-0.25, -0.2) is 0 Å². The molecule has 5 heteroatoms. The first-order chi connectivity index (χ1) is 11.2. The van der Waals surface area contributed by atoms with Crippen molar-refractivity contribution in [3.8, 4) is 11.5 Å². The molecule has 4 nitrogen and oxygen atoms in total. The Hall–Kier alpha value is -2.04. The van der Waals surface area contributed by atoms with Crippen LogP contribution >= 0.6 is 12.4 Å². The number of halogens is 1. The van der Waals surface area contributed by atoms with Gasteiger partial charge < -0.3 is 15.4 Å². The molecule has 1 fully saturated rings. The number of benzene rings is 2. The topological polar surface area (TPSA) is 50.4 Å². The number of para-hydroxylation sites is 2. The number of ether oxygens (including phenoxy) is 1. The van der Waals surface area contributed by atoms with E-state index in [9.17, 15) is 4.79 Å². The van der Waals surface area contributed by atoms with Gasteiger partial charge in [-0.2, -0.15) is 0 Å². The van der Waals surface area contributed by atoms with Crippen molar-refractivity contribution in [3.63, 3.8) is 0 Å². The molecule has 1 aliphatic heterocycles. The number of carbonyl (C=O) groups is 1. The maximum absolute atomic E-state index is 12.2. The van der Waals surface area contributed by atoms with Gasteiger partial charge in [0.25, 0.3) is 0 Å². The second-order valence-electron chi connectivity index (χ2n) is 6.02. The van der Waals surface area contributed by atoms with Crippen LogP contribution in [0.15, 0.2) is 48.5 Å². The number of nitrogens with one attached hydrogen (secondary N) is 2. The molecule has 3 rings (SSSR count). The average Bonchev–Trinajstić information content (AvgIpc) is 3.04. The third kappa shape index (κ3) is 4.98. The smallest absolute Gasteiger partial charge is 0.224 e. The van der Waals surface area contributed by atoms with Crippen LogP contribution < -0.4 is 15.4 Å². The van der Waals surface area contributed by atoms with Crippen LogP contribution in [0.5, 0.6) is 11.5 Å². The summed E-state index contributed by atoms with van der Waals surface area (Å²) < 4.78 is 5.91. The second kappa shape index (κ2) is 8.71. The third-order valence-electron chi connectivity index (χ3n) is 4.05. The first-order valence-corrected chi connectivity index (χ1v) is 8.05. The van der Waals surface area contributed by atoms with Crippen LogP contribution in [-0.4, -0.2) is 19.0 Å². The lowest BCUT2D eigenvalue weighted by molar-refractivity contribution is -0.117. The van der Waals surface area contributed by atoms with Crippen molar-refractivity contribution in [1.29, 1.82) is 0 Å².